The van der Waals surface area contributed by atoms with Crippen LogP contribution >= 0.6 is 0 Å². The number of hydrogen-bond donors (Lipinski definition) is 2. The smallest absolute Gasteiger partial charge is 0.408 e. The van der Waals surface area contributed by atoms with E-state index in [1.54, 1.807) is 12.1 Å². The molecule has 0 saturated heterocycles. The van der Waals surface area contributed by atoms with Gasteiger partial charge in [-0.15, -0.1) is 0 Å². The number of hydrogen-bond acceptors (Lipinski definition) is 5. The third kappa shape index (κ3) is 5.74. The number of aliphatic carboxylic acids is 1. The van der Waals surface area contributed by atoms with E-state index in [1.807, 2.05) is 30.3 Å². The molecule has 1 aromatic heterocycles. The molecule has 1 unspecified atom stereocenters. The van der Waals surface area contributed by atoms with E-state index in [9.17, 15) is 14.7 Å². The first-order valence-electron chi connectivity index (χ1n) is 7.12. The molecule has 0 radical (unpaired) electrons. The molecule has 1 amide bonds. The first-order chi connectivity index (χ1) is 11.1. The van der Waals surface area contributed by atoms with Gasteiger partial charge in [0.05, 0.1) is 5.69 Å². The van der Waals surface area contributed by atoms with Crippen molar-refractivity contribution >= 4 is 12.1 Å². The first kappa shape index (κ1) is 16.4. The molecule has 0 saturated carbocycles. The van der Waals surface area contributed by atoms with Crippen molar-refractivity contribution in [3.05, 3.63) is 59.9 Å². The summed E-state index contributed by atoms with van der Waals surface area (Å²) >= 11 is 0. The van der Waals surface area contributed by atoms with Crippen LogP contribution in [0, 0.1) is 0 Å². The van der Waals surface area contributed by atoms with Gasteiger partial charge >= 0.3 is 12.1 Å². The normalized spacial score (nSPS) is 11.5. The molecule has 1 aromatic carbocycles. The fraction of sp³-hybridized carbons (Fsp3) is 0.250. The van der Waals surface area contributed by atoms with Gasteiger partial charge in [-0.05, 0) is 30.5 Å². The molecule has 2 N–H and O–H groups in total. The van der Waals surface area contributed by atoms with Gasteiger partial charge in [0.25, 0.3) is 0 Å². The number of nitrogens with zero attached hydrogens (tertiary/aromatic N) is 2. The van der Waals surface area contributed by atoms with Gasteiger partial charge in [0.15, 0.2) is 0 Å². The molecule has 0 spiro atoms. The van der Waals surface area contributed by atoms with Crippen LogP contribution in [-0.2, 0) is 22.6 Å². The Morgan fingerprint density at radius 1 is 1.17 bits per heavy atom. The quantitative estimate of drug-likeness (QED) is 0.807. The topological polar surface area (TPSA) is 101 Å². The van der Waals surface area contributed by atoms with Crippen LogP contribution in [0.25, 0.3) is 0 Å². The molecule has 1 atom stereocenters. The largest absolute Gasteiger partial charge is 0.480 e. The van der Waals surface area contributed by atoms with Crippen LogP contribution in [0.1, 0.15) is 17.7 Å². The van der Waals surface area contributed by atoms with Gasteiger partial charge in [-0.3, -0.25) is 0 Å². The lowest BCUT2D eigenvalue weighted by atomic mass is 10.1. The van der Waals surface area contributed by atoms with E-state index in [2.05, 4.69) is 15.5 Å². The maximum atomic E-state index is 11.7. The lowest BCUT2D eigenvalue weighted by molar-refractivity contribution is -0.139. The molecule has 7 nitrogen and oxygen atoms in total. The lowest BCUT2D eigenvalue weighted by Crippen LogP contribution is -2.41. The van der Waals surface area contributed by atoms with E-state index in [0.717, 1.165) is 5.56 Å². The Bertz CT molecular complexity index is 634. The van der Waals surface area contributed by atoms with Gasteiger partial charge < -0.3 is 15.2 Å². The van der Waals surface area contributed by atoms with Gasteiger partial charge in [-0.25, -0.2) is 9.59 Å². The van der Waals surface area contributed by atoms with Crippen molar-refractivity contribution in [2.75, 3.05) is 0 Å². The number of carbonyl (C=O) groups is 2. The van der Waals surface area contributed by atoms with Crippen LogP contribution < -0.4 is 5.32 Å². The van der Waals surface area contributed by atoms with E-state index in [4.69, 9.17) is 4.74 Å². The molecule has 120 valence electrons. The van der Waals surface area contributed by atoms with E-state index in [-0.39, 0.29) is 13.0 Å². The highest BCUT2D eigenvalue weighted by atomic mass is 16.5. The zero-order valence-corrected chi connectivity index (χ0v) is 12.4. The SMILES string of the molecule is O=C(NC(CCc1cccnn1)C(=O)O)OCc1ccccc1. The first-order valence-corrected chi connectivity index (χ1v) is 7.12. The summed E-state index contributed by atoms with van der Waals surface area (Å²) in [6, 6.07) is 11.6. The highest BCUT2D eigenvalue weighted by Crippen LogP contribution is 2.04. The average molecular weight is 315 g/mol. The second-order valence-corrected chi connectivity index (χ2v) is 4.85. The van der Waals surface area contributed by atoms with Gasteiger partial charge in [0.2, 0.25) is 0 Å². The van der Waals surface area contributed by atoms with Crippen molar-refractivity contribution in [1.82, 2.24) is 15.5 Å². The minimum atomic E-state index is -1.12. The Hall–Kier alpha value is -2.96. The highest BCUT2D eigenvalue weighted by Gasteiger charge is 2.20. The molecular formula is C16H17N3O4. The number of alkyl carbamates (subject to hydrolysis) is 1. The third-order valence-corrected chi connectivity index (χ3v) is 3.12. The van der Waals surface area contributed by atoms with Gasteiger partial charge in [0, 0.05) is 6.20 Å². The monoisotopic (exact) mass is 315 g/mol. The Kier molecular flexibility index (Phi) is 6.05. The van der Waals surface area contributed by atoms with Crippen molar-refractivity contribution in [2.45, 2.75) is 25.5 Å². The second kappa shape index (κ2) is 8.47. The lowest BCUT2D eigenvalue weighted by Gasteiger charge is -2.14. The van der Waals surface area contributed by atoms with Gasteiger partial charge in [-0.1, -0.05) is 30.3 Å². The second-order valence-electron chi connectivity index (χ2n) is 4.85. The summed E-state index contributed by atoms with van der Waals surface area (Å²) in [6.45, 7) is 0.0865. The summed E-state index contributed by atoms with van der Waals surface area (Å²) in [5.41, 5.74) is 1.49. The summed E-state index contributed by atoms with van der Waals surface area (Å²) in [4.78, 5) is 22.9. The number of aryl methyl sites for hydroxylation is 1. The predicted octanol–water partition coefficient (Wildman–Crippen LogP) is 1.79. The number of amides is 1. The van der Waals surface area contributed by atoms with E-state index >= 15 is 0 Å². The number of carboxylic acid groups (broad SMARTS) is 1. The average Bonchev–Trinajstić information content (AvgIpc) is 2.58. The van der Waals surface area contributed by atoms with Crippen molar-refractivity contribution in [1.29, 1.82) is 0 Å². The molecule has 0 aliphatic carbocycles. The molecule has 23 heavy (non-hydrogen) atoms. The number of rotatable bonds is 7. The molecule has 0 fully saturated rings. The number of carbonyl (C=O) groups excluding carboxylic acids is 1. The van der Waals surface area contributed by atoms with Crippen molar-refractivity contribution in [3.63, 3.8) is 0 Å². The molecule has 0 aliphatic heterocycles. The van der Waals surface area contributed by atoms with Crippen molar-refractivity contribution < 1.29 is 19.4 Å². The van der Waals surface area contributed by atoms with E-state index < -0.39 is 18.1 Å². The molecule has 2 rings (SSSR count). The molecule has 1 heterocycles. The Morgan fingerprint density at radius 3 is 2.61 bits per heavy atom. The van der Waals surface area contributed by atoms with Crippen molar-refractivity contribution in [3.8, 4) is 0 Å². The predicted molar refractivity (Wildman–Crippen MR) is 81.5 cm³/mol. The molecule has 0 bridgehead atoms. The summed E-state index contributed by atoms with van der Waals surface area (Å²) in [7, 11) is 0. The van der Waals surface area contributed by atoms with E-state index in [1.165, 1.54) is 6.20 Å². The minimum Gasteiger partial charge on any atom is -0.480 e. The molecule has 2 aromatic rings. The summed E-state index contributed by atoms with van der Waals surface area (Å²) in [5.74, 6) is -1.12. The maximum absolute atomic E-state index is 11.7. The van der Waals surface area contributed by atoms with Crippen LogP contribution in [0.15, 0.2) is 48.7 Å². The van der Waals surface area contributed by atoms with E-state index in [0.29, 0.717) is 12.1 Å². The fourth-order valence-corrected chi connectivity index (χ4v) is 1.92. The van der Waals surface area contributed by atoms with Crippen LogP contribution in [0.2, 0.25) is 0 Å². The molecular weight excluding hydrogens is 298 g/mol. The fourth-order valence-electron chi connectivity index (χ4n) is 1.92. The number of carboxylic acids is 1. The standard InChI is InChI=1S/C16H17N3O4/c20-15(21)14(9-8-13-7-4-10-17-19-13)18-16(22)23-11-12-5-2-1-3-6-12/h1-7,10,14H,8-9,11H2,(H,18,22)(H,20,21). The zero-order chi connectivity index (χ0) is 16.5. The maximum Gasteiger partial charge on any atom is 0.408 e. The summed E-state index contributed by atoms with van der Waals surface area (Å²) in [6.07, 6.45) is 1.37. The van der Waals surface area contributed by atoms with Crippen molar-refractivity contribution in [2.24, 2.45) is 0 Å². The van der Waals surface area contributed by atoms with Gasteiger partial charge in [0.1, 0.15) is 12.6 Å². The van der Waals surface area contributed by atoms with Crippen LogP contribution in [0.3, 0.4) is 0 Å². The Balaban J connectivity index is 1.81. The number of nitrogens with one attached hydrogen (secondary N) is 1. The summed E-state index contributed by atoms with van der Waals surface area (Å²) in [5, 5.41) is 19.1. The number of benzene rings is 1. The summed E-state index contributed by atoms with van der Waals surface area (Å²) < 4.78 is 5.02. The van der Waals surface area contributed by atoms with Crippen LogP contribution in [-0.4, -0.2) is 33.4 Å². The molecule has 0 aliphatic rings. The number of ether oxygens (including phenoxy) is 1. The Labute approximate surface area is 133 Å². The van der Waals surface area contributed by atoms with Crippen LogP contribution in [0.4, 0.5) is 4.79 Å². The number of aromatic nitrogens is 2. The molecule has 7 heteroatoms. The zero-order valence-electron chi connectivity index (χ0n) is 12.4. The minimum absolute atomic E-state index is 0.0865. The van der Waals surface area contributed by atoms with Crippen LogP contribution in [0.5, 0.6) is 0 Å². The third-order valence-electron chi connectivity index (χ3n) is 3.12. The Morgan fingerprint density at radius 2 is 1.96 bits per heavy atom. The highest BCUT2D eigenvalue weighted by molar-refractivity contribution is 5.79. The van der Waals surface area contributed by atoms with Gasteiger partial charge in [-0.2, -0.15) is 10.2 Å².